The Bertz CT molecular complexity index is 842. The minimum Gasteiger partial charge on any atom is -0.508 e. The van der Waals surface area contributed by atoms with E-state index in [-0.39, 0.29) is 12.2 Å². The Balaban J connectivity index is 3.07. The molecule has 4 unspecified atom stereocenters. The van der Waals surface area contributed by atoms with E-state index in [1.165, 1.54) is 31.2 Å². The second-order valence-electron chi connectivity index (χ2n) is 6.96. The van der Waals surface area contributed by atoms with Gasteiger partial charge in [-0.3, -0.25) is 19.2 Å². The zero-order valence-electron chi connectivity index (χ0n) is 17.1. The summed E-state index contributed by atoms with van der Waals surface area (Å²) in [5.41, 5.74) is 5.88. The first-order valence-corrected chi connectivity index (χ1v) is 9.44. The molecule has 1 aromatic carbocycles. The SMILES string of the molecule is CC(N)C(=O)NC(CO)C(=O)NC(Cc1ccc(O)cc1)C(=O)NC(CC(=O)O)C(=O)O. The van der Waals surface area contributed by atoms with Crippen molar-refractivity contribution in [1.82, 2.24) is 16.0 Å². The van der Waals surface area contributed by atoms with E-state index in [0.717, 1.165) is 0 Å². The van der Waals surface area contributed by atoms with Crippen LogP contribution < -0.4 is 21.7 Å². The molecule has 32 heavy (non-hydrogen) atoms. The molecular formula is C19H26N4O9. The van der Waals surface area contributed by atoms with E-state index < -0.39 is 66.9 Å². The topological polar surface area (TPSA) is 228 Å². The summed E-state index contributed by atoms with van der Waals surface area (Å²) in [5, 5.41) is 43.4. The highest BCUT2D eigenvalue weighted by Crippen LogP contribution is 2.12. The van der Waals surface area contributed by atoms with Crippen molar-refractivity contribution in [3.05, 3.63) is 29.8 Å². The Morgan fingerprint density at radius 1 is 0.875 bits per heavy atom. The van der Waals surface area contributed by atoms with E-state index in [1.807, 2.05) is 5.32 Å². The van der Waals surface area contributed by atoms with E-state index >= 15 is 0 Å². The second-order valence-corrected chi connectivity index (χ2v) is 6.96. The van der Waals surface area contributed by atoms with Crippen molar-refractivity contribution in [3.63, 3.8) is 0 Å². The summed E-state index contributed by atoms with van der Waals surface area (Å²) in [7, 11) is 0. The van der Waals surface area contributed by atoms with Gasteiger partial charge in [0.05, 0.1) is 19.1 Å². The van der Waals surface area contributed by atoms with Crippen molar-refractivity contribution < 1.29 is 44.4 Å². The highest BCUT2D eigenvalue weighted by Gasteiger charge is 2.30. The molecule has 176 valence electrons. The Morgan fingerprint density at radius 2 is 1.38 bits per heavy atom. The van der Waals surface area contributed by atoms with Gasteiger partial charge in [-0.15, -0.1) is 0 Å². The number of aliphatic carboxylic acids is 2. The molecule has 0 fully saturated rings. The number of hydrogen-bond donors (Lipinski definition) is 8. The second kappa shape index (κ2) is 12.2. The van der Waals surface area contributed by atoms with Gasteiger partial charge in [-0.2, -0.15) is 0 Å². The average Bonchev–Trinajstić information content (AvgIpc) is 2.71. The van der Waals surface area contributed by atoms with Crippen LogP contribution in [0.5, 0.6) is 5.75 Å². The van der Waals surface area contributed by atoms with Crippen molar-refractivity contribution in [2.45, 2.75) is 43.9 Å². The first-order chi connectivity index (χ1) is 14.9. The number of carboxylic acid groups (broad SMARTS) is 2. The average molecular weight is 454 g/mol. The van der Waals surface area contributed by atoms with Crippen LogP contribution in [0.2, 0.25) is 0 Å². The third-order valence-electron chi connectivity index (χ3n) is 4.23. The van der Waals surface area contributed by atoms with Crippen LogP contribution in [0, 0.1) is 0 Å². The van der Waals surface area contributed by atoms with E-state index in [4.69, 9.17) is 15.9 Å². The molecule has 4 atom stereocenters. The number of rotatable bonds is 12. The van der Waals surface area contributed by atoms with Crippen LogP contribution in [-0.2, 0) is 30.4 Å². The lowest BCUT2D eigenvalue weighted by Crippen LogP contribution is -2.58. The molecule has 0 spiro atoms. The Kier molecular flexibility index (Phi) is 10.1. The molecule has 0 saturated carbocycles. The normalized spacial score (nSPS) is 14.3. The van der Waals surface area contributed by atoms with Crippen molar-refractivity contribution in [3.8, 4) is 5.75 Å². The quantitative estimate of drug-likeness (QED) is 0.163. The first-order valence-electron chi connectivity index (χ1n) is 9.44. The highest BCUT2D eigenvalue weighted by molar-refractivity contribution is 5.94. The maximum atomic E-state index is 12.7. The van der Waals surface area contributed by atoms with Crippen molar-refractivity contribution in [1.29, 1.82) is 0 Å². The molecule has 1 rings (SSSR count). The fraction of sp³-hybridized carbons (Fsp3) is 0.421. The summed E-state index contributed by atoms with van der Waals surface area (Å²) in [5.74, 6) is -5.79. The maximum Gasteiger partial charge on any atom is 0.326 e. The third-order valence-corrected chi connectivity index (χ3v) is 4.23. The van der Waals surface area contributed by atoms with Crippen LogP contribution in [0.4, 0.5) is 0 Å². The van der Waals surface area contributed by atoms with Crippen LogP contribution in [0.3, 0.4) is 0 Å². The summed E-state index contributed by atoms with van der Waals surface area (Å²) in [6, 6.07) is -0.0105. The molecular weight excluding hydrogens is 428 g/mol. The summed E-state index contributed by atoms with van der Waals surface area (Å²) in [4.78, 5) is 59.1. The zero-order chi connectivity index (χ0) is 24.4. The number of phenolic OH excluding ortho intramolecular Hbond substituents is 1. The van der Waals surface area contributed by atoms with Gasteiger partial charge < -0.3 is 42.1 Å². The fourth-order valence-electron chi connectivity index (χ4n) is 2.49. The third kappa shape index (κ3) is 8.57. The summed E-state index contributed by atoms with van der Waals surface area (Å²) in [6.07, 6.45) is -1.07. The lowest BCUT2D eigenvalue weighted by atomic mass is 10.0. The predicted octanol–water partition coefficient (Wildman–Crippen LogP) is -2.71. The number of carbonyl (C=O) groups is 5. The Morgan fingerprint density at radius 3 is 1.84 bits per heavy atom. The predicted molar refractivity (Wildman–Crippen MR) is 108 cm³/mol. The number of aliphatic hydroxyl groups is 1. The van der Waals surface area contributed by atoms with Crippen molar-refractivity contribution >= 4 is 29.7 Å². The molecule has 0 aliphatic rings. The molecule has 13 heteroatoms. The van der Waals surface area contributed by atoms with E-state index in [0.29, 0.717) is 5.56 Å². The maximum absolute atomic E-state index is 12.7. The van der Waals surface area contributed by atoms with Crippen molar-refractivity contribution in [2.24, 2.45) is 5.73 Å². The van der Waals surface area contributed by atoms with Gasteiger partial charge in [-0.05, 0) is 24.6 Å². The lowest BCUT2D eigenvalue weighted by molar-refractivity contribution is -0.147. The molecule has 0 aliphatic heterocycles. The monoisotopic (exact) mass is 454 g/mol. The standard InChI is InChI=1S/C19H26N4O9/c1-9(20)16(28)23-14(8-24)18(30)21-12(6-10-2-4-11(25)5-3-10)17(29)22-13(19(31)32)7-15(26)27/h2-5,9,12-14,24-25H,6-8,20H2,1H3,(H,21,30)(H,22,29)(H,23,28)(H,26,27)(H,31,32). The molecule has 0 aromatic heterocycles. The van der Waals surface area contributed by atoms with Crippen LogP contribution in [-0.4, -0.2) is 80.9 Å². The molecule has 13 nitrogen and oxygen atoms in total. The number of carboxylic acids is 2. The van der Waals surface area contributed by atoms with E-state index in [1.54, 1.807) is 0 Å². The number of phenols is 1. The summed E-state index contributed by atoms with van der Waals surface area (Å²) in [6.45, 7) is 0.547. The van der Waals surface area contributed by atoms with Gasteiger partial charge in [0.2, 0.25) is 17.7 Å². The minimum atomic E-state index is -1.76. The molecule has 9 N–H and O–H groups in total. The Labute approximate surface area is 182 Å². The van der Waals surface area contributed by atoms with Gasteiger partial charge in [-0.25, -0.2) is 4.79 Å². The number of aromatic hydroxyl groups is 1. The molecule has 3 amide bonds. The molecule has 0 heterocycles. The van der Waals surface area contributed by atoms with E-state index in [9.17, 15) is 34.2 Å². The Hall–Kier alpha value is -3.71. The van der Waals surface area contributed by atoms with Gasteiger partial charge in [-0.1, -0.05) is 12.1 Å². The number of benzene rings is 1. The number of nitrogens with one attached hydrogen (secondary N) is 3. The molecule has 0 radical (unpaired) electrons. The van der Waals surface area contributed by atoms with Crippen LogP contribution in [0.25, 0.3) is 0 Å². The summed E-state index contributed by atoms with van der Waals surface area (Å²) < 4.78 is 0. The number of hydrogen-bond acceptors (Lipinski definition) is 8. The summed E-state index contributed by atoms with van der Waals surface area (Å²) >= 11 is 0. The van der Waals surface area contributed by atoms with Crippen LogP contribution in [0.1, 0.15) is 18.9 Å². The minimum absolute atomic E-state index is 0.0508. The molecule has 0 bridgehead atoms. The molecule has 1 aromatic rings. The van der Waals surface area contributed by atoms with Crippen LogP contribution >= 0.6 is 0 Å². The van der Waals surface area contributed by atoms with E-state index in [2.05, 4.69) is 10.6 Å². The highest BCUT2D eigenvalue weighted by atomic mass is 16.4. The van der Waals surface area contributed by atoms with Crippen LogP contribution in [0.15, 0.2) is 24.3 Å². The largest absolute Gasteiger partial charge is 0.508 e. The molecule has 0 aliphatic carbocycles. The smallest absolute Gasteiger partial charge is 0.326 e. The fourth-order valence-corrected chi connectivity index (χ4v) is 2.49. The van der Waals surface area contributed by atoms with Gasteiger partial charge in [0, 0.05) is 6.42 Å². The van der Waals surface area contributed by atoms with Gasteiger partial charge in [0.25, 0.3) is 0 Å². The van der Waals surface area contributed by atoms with Gasteiger partial charge in [0.15, 0.2) is 0 Å². The number of aliphatic hydroxyl groups excluding tert-OH is 1. The number of nitrogens with two attached hydrogens (primary N) is 1. The van der Waals surface area contributed by atoms with Crippen molar-refractivity contribution in [2.75, 3.05) is 6.61 Å². The zero-order valence-corrected chi connectivity index (χ0v) is 17.1. The molecule has 0 saturated heterocycles. The van der Waals surface area contributed by atoms with Gasteiger partial charge >= 0.3 is 11.9 Å². The first kappa shape index (κ1) is 26.3. The lowest BCUT2D eigenvalue weighted by Gasteiger charge is -2.24. The number of carbonyl (C=O) groups excluding carboxylic acids is 3. The number of amides is 3. The van der Waals surface area contributed by atoms with Gasteiger partial charge in [0.1, 0.15) is 23.9 Å².